The molecule has 0 saturated carbocycles. The summed E-state index contributed by atoms with van der Waals surface area (Å²) in [5.74, 6) is 0.754. The van der Waals surface area contributed by atoms with Gasteiger partial charge in [-0.25, -0.2) is 0 Å². The second-order valence-electron chi connectivity index (χ2n) is 9.85. The van der Waals surface area contributed by atoms with Crippen LogP contribution in [-0.2, 0) is 9.59 Å². The van der Waals surface area contributed by atoms with E-state index in [0.717, 1.165) is 38.0 Å². The number of hydrogen-bond donors (Lipinski definition) is 2. The fourth-order valence-corrected chi connectivity index (χ4v) is 6.48. The molecule has 2 heterocycles. The molecule has 0 spiro atoms. The van der Waals surface area contributed by atoms with Crippen molar-refractivity contribution < 1.29 is 19.1 Å². The average Bonchev–Trinajstić information content (AvgIpc) is 3.34. The van der Waals surface area contributed by atoms with Gasteiger partial charge in [-0.05, 0) is 74.6 Å². The minimum absolute atomic E-state index is 0.00516. The fourth-order valence-electron chi connectivity index (χ4n) is 5.48. The monoisotopic (exact) mass is 528 g/mol. The van der Waals surface area contributed by atoms with Crippen molar-refractivity contribution >= 4 is 28.7 Å². The zero-order chi connectivity index (χ0) is 27.0. The lowest BCUT2D eigenvalue weighted by atomic mass is 9.73. The summed E-state index contributed by atoms with van der Waals surface area (Å²) in [6.45, 7) is 5.94. The van der Waals surface area contributed by atoms with Crippen LogP contribution >= 0.6 is 11.3 Å². The number of benzene rings is 2. The smallest absolute Gasteiger partial charge is 0.254 e. The van der Waals surface area contributed by atoms with Crippen molar-refractivity contribution in [2.24, 2.45) is 0 Å². The number of dihydropyridines is 1. The Kier molecular flexibility index (Phi) is 7.13. The SMILES string of the molecule is COc1ccc([C@H]2CC(=O)C3=C(C2)NC(C)=C(C(=O)Nc2ccccc2C)[C@H]3c2ccc(C)s2)cc1OC. The highest BCUT2D eigenvalue weighted by Crippen LogP contribution is 2.47. The first kappa shape index (κ1) is 25.8. The van der Waals surface area contributed by atoms with Gasteiger partial charge in [0.15, 0.2) is 17.3 Å². The molecule has 0 saturated heterocycles. The van der Waals surface area contributed by atoms with E-state index in [1.807, 2.05) is 75.4 Å². The molecule has 3 aromatic rings. The minimum atomic E-state index is -0.409. The maximum Gasteiger partial charge on any atom is 0.254 e. The molecule has 1 aliphatic carbocycles. The van der Waals surface area contributed by atoms with E-state index in [0.29, 0.717) is 35.5 Å². The molecule has 0 unspecified atom stereocenters. The Bertz CT molecular complexity index is 1480. The predicted molar refractivity (Wildman–Crippen MR) is 151 cm³/mol. The van der Waals surface area contributed by atoms with Crippen molar-refractivity contribution in [3.05, 3.63) is 98.0 Å². The number of methoxy groups -OCH3 is 2. The zero-order valence-corrected chi connectivity index (χ0v) is 23.1. The van der Waals surface area contributed by atoms with E-state index in [1.54, 1.807) is 25.6 Å². The van der Waals surface area contributed by atoms with Crippen molar-refractivity contribution in [3.63, 3.8) is 0 Å². The van der Waals surface area contributed by atoms with Crippen LogP contribution < -0.4 is 20.1 Å². The maximum absolute atomic E-state index is 13.9. The number of ether oxygens (including phenoxy) is 2. The highest BCUT2D eigenvalue weighted by molar-refractivity contribution is 7.12. The molecule has 2 N–H and O–H groups in total. The van der Waals surface area contributed by atoms with Gasteiger partial charge in [-0.2, -0.15) is 0 Å². The van der Waals surface area contributed by atoms with E-state index in [-0.39, 0.29) is 17.6 Å². The Hall–Kier alpha value is -3.84. The topological polar surface area (TPSA) is 76.7 Å². The Morgan fingerprint density at radius 2 is 1.74 bits per heavy atom. The van der Waals surface area contributed by atoms with Gasteiger partial charge in [0.1, 0.15) is 0 Å². The molecule has 1 aliphatic heterocycles. The molecule has 5 rings (SSSR count). The third kappa shape index (κ3) is 4.74. The van der Waals surface area contributed by atoms with Gasteiger partial charge in [0.25, 0.3) is 5.91 Å². The van der Waals surface area contributed by atoms with Crippen LogP contribution in [0.1, 0.15) is 52.5 Å². The van der Waals surface area contributed by atoms with Gasteiger partial charge < -0.3 is 20.1 Å². The maximum atomic E-state index is 13.9. The van der Waals surface area contributed by atoms with Crippen molar-refractivity contribution in [1.29, 1.82) is 0 Å². The highest BCUT2D eigenvalue weighted by Gasteiger charge is 2.41. The lowest BCUT2D eigenvalue weighted by molar-refractivity contribution is -0.116. The summed E-state index contributed by atoms with van der Waals surface area (Å²) in [6, 6.07) is 17.6. The Morgan fingerprint density at radius 1 is 0.974 bits per heavy atom. The number of aryl methyl sites for hydroxylation is 2. The number of carbonyl (C=O) groups is 2. The third-order valence-corrected chi connectivity index (χ3v) is 8.46. The summed E-state index contributed by atoms with van der Waals surface area (Å²) < 4.78 is 10.9. The average molecular weight is 529 g/mol. The molecule has 0 fully saturated rings. The van der Waals surface area contributed by atoms with E-state index >= 15 is 0 Å². The van der Waals surface area contributed by atoms with E-state index in [4.69, 9.17) is 9.47 Å². The second-order valence-corrected chi connectivity index (χ2v) is 11.2. The van der Waals surface area contributed by atoms with E-state index in [1.165, 1.54) is 0 Å². The molecule has 7 heteroatoms. The number of para-hydroxylation sites is 1. The van der Waals surface area contributed by atoms with Crippen molar-refractivity contribution in [2.75, 3.05) is 19.5 Å². The minimum Gasteiger partial charge on any atom is -0.493 e. The number of Topliss-reactive ketones (excluding diaryl/α,β-unsaturated/α-hetero) is 1. The molecule has 2 aromatic carbocycles. The van der Waals surface area contributed by atoms with Crippen LogP contribution in [0.25, 0.3) is 0 Å². The molecular formula is C31H32N2O4S. The highest BCUT2D eigenvalue weighted by atomic mass is 32.1. The predicted octanol–water partition coefficient (Wildman–Crippen LogP) is 6.38. The van der Waals surface area contributed by atoms with Crippen LogP contribution in [0.4, 0.5) is 5.69 Å². The van der Waals surface area contributed by atoms with Gasteiger partial charge in [-0.15, -0.1) is 11.3 Å². The molecule has 6 nitrogen and oxygen atoms in total. The molecule has 0 bridgehead atoms. The van der Waals surface area contributed by atoms with Crippen LogP contribution in [0.2, 0.25) is 0 Å². The summed E-state index contributed by atoms with van der Waals surface area (Å²) in [5.41, 5.74) is 5.72. The first-order valence-corrected chi connectivity index (χ1v) is 13.5. The lowest BCUT2D eigenvalue weighted by Crippen LogP contribution is -2.36. The van der Waals surface area contributed by atoms with Crippen LogP contribution in [0.15, 0.2) is 77.1 Å². The molecule has 2 atom stereocenters. The summed E-state index contributed by atoms with van der Waals surface area (Å²) in [5, 5.41) is 6.56. The molecule has 1 aromatic heterocycles. The van der Waals surface area contributed by atoms with Crippen molar-refractivity contribution in [1.82, 2.24) is 5.32 Å². The molecule has 1 amide bonds. The van der Waals surface area contributed by atoms with Crippen molar-refractivity contribution in [2.45, 2.75) is 45.4 Å². The second kappa shape index (κ2) is 10.5. The van der Waals surface area contributed by atoms with E-state index in [2.05, 4.69) is 10.6 Å². The number of thiophene rings is 1. The number of carbonyl (C=O) groups excluding carboxylic acids is 2. The first-order chi connectivity index (χ1) is 18.3. The third-order valence-electron chi connectivity index (χ3n) is 7.39. The molecule has 196 valence electrons. The standard InChI is InChI=1S/C31H32N2O4S/c1-17-8-6-7-9-22(17)33-31(35)28-19(3)32-23-14-21(20-11-12-25(36-4)26(16-20)37-5)15-24(34)29(23)30(28)27-13-10-18(2)38-27/h6-13,16,21,30,32H,14-15H2,1-5H3,(H,33,35)/t21-,30-/m1/s1. The number of allylic oxidation sites excluding steroid dienone is 3. The zero-order valence-electron chi connectivity index (χ0n) is 22.3. The Morgan fingerprint density at radius 3 is 2.42 bits per heavy atom. The van der Waals surface area contributed by atoms with Gasteiger partial charge in [0.05, 0.1) is 20.1 Å². The molecule has 2 aliphatic rings. The van der Waals surface area contributed by atoms with Gasteiger partial charge in [-0.1, -0.05) is 24.3 Å². The number of anilines is 1. The number of ketones is 1. The van der Waals surface area contributed by atoms with Gasteiger partial charge in [0.2, 0.25) is 0 Å². The summed E-state index contributed by atoms with van der Waals surface area (Å²) in [4.78, 5) is 29.8. The van der Waals surface area contributed by atoms with Crippen LogP contribution in [0, 0.1) is 13.8 Å². The normalized spacial score (nSPS) is 19.1. The fraction of sp³-hybridized carbons (Fsp3) is 0.290. The molecule has 38 heavy (non-hydrogen) atoms. The number of hydrogen-bond acceptors (Lipinski definition) is 6. The Labute approximate surface area is 227 Å². The largest absolute Gasteiger partial charge is 0.493 e. The van der Waals surface area contributed by atoms with Crippen molar-refractivity contribution in [3.8, 4) is 11.5 Å². The van der Waals surface area contributed by atoms with Crippen LogP contribution in [0.5, 0.6) is 11.5 Å². The summed E-state index contributed by atoms with van der Waals surface area (Å²) >= 11 is 1.63. The quantitative estimate of drug-likeness (QED) is 0.388. The Balaban J connectivity index is 1.53. The summed E-state index contributed by atoms with van der Waals surface area (Å²) in [6.07, 6.45) is 1.03. The number of rotatable bonds is 6. The van der Waals surface area contributed by atoms with Crippen LogP contribution in [-0.4, -0.2) is 25.9 Å². The van der Waals surface area contributed by atoms with Crippen LogP contribution in [0.3, 0.4) is 0 Å². The van der Waals surface area contributed by atoms with E-state index in [9.17, 15) is 9.59 Å². The number of amides is 1. The molecule has 0 radical (unpaired) electrons. The first-order valence-electron chi connectivity index (χ1n) is 12.7. The summed E-state index contributed by atoms with van der Waals surface area (Å²) in [7, 11) is 3.22. The van der Waals surface area contributed by atoms with E-state index < -0.39 is 5.92 Å². The van der Waals surface area contributed by atoms with Gasteiger partial charge in [-0.3, -0.25) is 9.59 Å². The van der Waals surface area contributed by atoms with Gasteiger partial charge in [0, 0.05) is 44.4 Å². The lowest BCUT2D eigenvalue weighted by Gasteiger charge is -2.36. The number of nitrogens with one attached hydrogen (secondary N) is 2. The molecular weight excluding hydrogens is 496 g/mol. The van der Waals surface area contributed by atoms with Gasteiger partial charge >= 0.3 is 0 Å².